The van der Waals surface area contributed by atoms with E-state index < -0.39 is 0 Å². The maximum absolute atomic E-state index is 11.4. The zero-order valence-electron chi connectivity index (χ0n) is 8.49. The fraction of sp³-hybridized carbons (Fsp3) is 0.778. The zero-order valence-corrected chi connectivity index (χ0v) is 9.30. The van der Waals surface area contributed by atoms with Crippen molar-refractivity contribution in [2.45, 2.75) is 20.3 Å². The minimum Gasteiger partial charge on any atom is -0.351 e. The van der Waals surface area contributed by atoms with Gasteiger partial charge < -0.3 is 4.90 Å². The Morgan fingerprint density at radius 1 is 1.43 bits per heavy atom. The van der Waals surface area contributed by atoms with Gasteiger partial charge in [-0.2, -0.15) is 4.37 Å². The highest BCUT2D eigenvalue weighted by Crippen LogP contribution is 2.23. The van der Waals surface area contributed by atoms with Crippen molar-refractivity contribution < 1.29 is 0 Å². The molecular weight excluding hydrogens is 198 g/mol. The summed E-state index contributed by atoms with van der Waals surface area (Å²) in [6, 6.07) is 0. The van der Waals surface area contributed by atoms with Crippen LogP contribution in [-0.4, -0.2) is 21.8 Å². The Morgan fingerprint density at radius 3 is 2.57 bits per heavy atom. The first-order valence-corrected chi connectivity index (χ1v) is 5.73. The lowest BCUT2D eigenvalue weighted by molar-refractivity contribution is 0.355. The van der Waals surface area contributed by atoms with Crippen molar-refractivity contribution in [2.75, 3.05) is 18.0 Å². The summed E-state index contributed by atoms with van der Waals surface area (Å²) in [4.78, 5) is 13.5. The molecule has 2 rings (SSSR count). The Balaban J connectivity index is 2.19. The highest BCUT2D eigenvalue weighted by molar-refractivity contribution is 6.99. The standard InChI is InChI=1S/C9H15N3OS/c1-6-3-7(2)5-12(4-6)8-9(13)11-14-10-8/h6-7H,3-5H2,1-2H3,(H,11,13)/t6-,7-/m1/s1. The lowest BCUT2D eigenvalue weighted by atomic mass is 9.92. The predicted octanol–water partition coefficient (Wildman–Crippen LogP) is 1.31. The number of H-pyrrole nitrogens is 1. The Bertz CT molecular complexity index is 349. The van der Waals surface area contributed by atoms with Crippen LogP contribution in [-0.2, 0) is 0 Å². The van der Waals surface area contributed by atoms with Crippen LogP contribution in [0.15, 0.2) is 4.79 Å². The van der Waals surface area contributed by atoms with Crippen LogP contribution >= 0.6 is 11.7 Å². The molecule has 1 aliphatic heterocycles. The fourth-order valence-corrected chi connectivity index (χ4v) is 2.74. The monoisotopic (exact) mass is 213 g/mol. The second kappa shape index (κ2) is 3.73. The van der Waals surface area contributed by atoms with Crippen LogP contribution in [0.3, 0.4) is 0 Å². The van der Waals surface area contributed by atoms with Crippen LogP contribution < -0.4 is 10.5 Å². The highest BCUT2D eigenvalue weighted by Gasteiger charge is 2.24. The van der Waals surface area contributed by atoms with Gasteiger partial charge in [0.1, 0.15) is 0 Å². The van der Waals surface area contributed by atoms with Gasteiger partial charge in [-0.25, -0.2) is 0 Å². The van der Waals surface area contributed by atoms with Crippen molar-refractivity contribution in [2.24, 2.45) is 11.8 Å². The zero-order chi connectivity index (χ0) is 10.1. The van der Waals surface area contributed by atoms with E-state index in [9.17, 15) is 4.79 Å². The summed E-state index contributed by atoms with van der Waals surface area (Å²) in [6.07, 6.45) is 1.25. The first-order valence-electron chi connectivity index (χ1n) is 4.96. The van der Waals surface area contributed by atoms with Gasteiger partial charge in [0.15, 0.2) is 0 Å². The van der Waals surface area contributed by atoms with Crippen LogP contribution in [0.5, 0.6) is 0 Å². The van der Waals surface area contributed by atoms with Crippen LogP contribution in [0.25, 0.3) is 0 Å². The summed E-state index contributed by atoms with van der Waals surface area (Å²) in [5, 5.41) is 0. The molecule has 0 amide bonds. The number of aromatic amines is 1. The number of hydrogen-bond donors (Lipinski definition) is 1. The largest absolute Gasteiger partial charge is 0.351 e. The van der Waals surface area contributed by atoms with Gasteiger partial charge >= 0.3 is 5.56 Å². The Kier molecular flexibility index (Phi) is 2.58. The van der Waals surface area contributed by atoms with Gasteiger partial charge in [-0.15, -0.1) is 0 Å². The average molecular weight is 213 g/mol. The molecule has 4 nitrogen and oxygen atoms in total. The quantitative estimate of drug-likeness (QED) is 0.765. The van der Waals surface area contributed by atoms with E-state index in [2.05, 4.69) is 27.5 Å². The van der Waals surface area contributed by atoms with Crippen molar-refractivity contribution in [3.05, 3.63) is 10.4 Å². The molecule has 1 fully saturated rings. The van der Waals surface area contributed by atoms with Crippen molar-refractivity contribution in [3.8, 4) is 0 Å². The molecule has 78 valence electrons. The van der Waals surface area contributed by atoms with E-state index in [1.807, 2.05) is 0 Å². The number of hydrogen-bond acceptors (Lipinski definition) is 4. The minimum atomic E-state index is -0.0451. The van der Waals surface area contributed by atoms with Crippen molar-refractivity contribution in [1.29, 1.82) is 0 Å². The normalized spacial score (nSPS) is 28.0. The maximum Gasteiger partial charge on any atom is 0.302 e. The molecule has 5 heteroatoms. The van der Waals surface area contributed by atoms with E-state index in [1.165, 1.54) is 6.42 Å². The van der Waals surface area contributed by atoms with Crippen LogP contribution in [0, 0.1) is 11.8 Å². The molecule has 1 aromatic rings. The van der Waals surface area contributed by atoms with E-state index in [4.69, 9.17) is 0 Å². The summed E-state index contributed by atoms with van der Waals surface area (Å²) < 4.78 is 6.74. The molecule has 1 aliphatic rings. The maximum atomic E-state index is 11.4. The van der Waals surface area contributed by atoms with E-state index in [0.717, 1.165) is 24.8 Å². The number of piperidine rings is 1. The number of nitrogens with one attached hydrogen (secondary N) is 1. The van der Waals surface area contributed by atoms with E-state index in [1.54, 1.807) is 0 Å². The molecule has 0 radical (unpaired) electrons. The van der Waals surface area contributed by atoms with Gasteiger partial charge in [0, 0.05) is 24.8 Å². The molecule has 1 N–H and O–H groups in total. The third kappa shape index (κ3) is 1.82. The number of anilines is 1. The van der Waals surface area contributed by atoms with Gasteiger partial charge in [0.05, 0.1) is 0 Å². The Morgan fingerprint density at radius 2 is 2.07 bits per heavy atom. The number of nitrogens with zero attached hydrogens (tertiary/aromatic N) is 2. The Hall–Kier alpha value is -0.840. The van der Waals surface area contributed by atoms with Crippen molar-refractivity contribution >= 4 is 17.5 Å². The van der Waals surface area contributed by atoms with Gasteiger partial charge in [-0.05, 0) is 18.3 Å². The minimum absolute atomic E-state index is 0.0451. The average Bonchev–Trinajstić information content (AvgIpc) is 2.49. The van der Waals surface area contributed by atoms with E-state index >= 15 is 0 Å². The van der Waals surface area contributed by atoms with E-state index in [0.29, 0.717) is 17.7 Å². The molecule has 1 saturated heterocycles. The summed E-state index contributed by atoms with van der Waals surface area (Å²) in [6.45, 7) is 6.36. The molecule has 1 aromatic heterocycles. The summed E-state index contributed by atoms with van der Waals surface area (Å²) in [5.41, 5.74) is -0.0451. The first-order chi connectivity index (χ1) is 6.66. The molecule has 2 heterocycles. The molecule has 0 bridgehead atoms. The van der Waals surface area contributed by atoms with Crippen LogP contribution in [0.1, 0.15) is 20.3 Å². The molecule has 0 spiro atoms. The third-order valence-electron chi connectivity index (χ3n) is 2.64. The SMILES string of the molecule is C[C@@H]1C[C@@H](C)CN(c2ns[nH]c2=O)C1. The first kappa shape index (κ1) is 9.71. The molecule has 0 saturated carbocycles. The topological polar surface area (TPSA) is 49.0 Å². The lowest BCUT2D eigenvalue weighted by Gasteiger charge is -2.34. The van der Waals surface area contributed by atoms with Gasteiger partial charge in [-0.1, -0.05) is 13.8 Å². The Labute approximate surface area is 87.3 Å². The van der Waals surface area contributed by atoms with Gasteiger partial charge in [0.2, 0.25) is 5.82 Å². The fourth-order valence-electron chi connectivity index (χ4n) is 2.23. The molecule has 14 heavy (non-hydrogen) atoms. The summed E-state index contributed by atoms with van der Waals surface area (Å²) in [7, 11) is 0. The summed E-state index contributed by atoms with van der Waals surface area (Å²) in [5.74, 6) is 1.91. The molecule has 0 unspecified atom stereocenters. The molecular formula is C9H15N3OS. The second-order valence-electron chi connectivity index (χ2n) is 4.29. The van der Waals surface area contributed by atoms with Crippen LogP contribution in [0.4, 0.5) is 5.82 Å². The second-order valence-corrected chi connectivity index (χ2v) is 4.86. The molecule has 0 aromatic carbocycles. The predicted molar refractivity (Wildman–Crippen MR) is 57.9 cm³/mol. The molecule has 2 atom stereocenters. The third-order valence-corrected chi connectivity index (χ3v) is 3.18. The number of rotatable bonds is 1. The van der Waals surface area contributed by atoms with Gasteiger partial charge in [-0.3, -0.25) is 9.17 Å². The van der Waals surface area contributed by atoms with Crippen LogP contribution in [0.2, 0.25) is 0 Å². The summed E-state index contributed by atoms with van der Waals surface area (Å²) >= 11 is 1.13. The lowest BCUT2D eigenvalue weighted by Crippen LogP contribution is -2.40. The number of aromatic nitrogens is 2. The van der Waals surface area contributed by atoms with Gasteiger partial charge in [0.25, 0.3) is 0 Å². The van der Waals surface area contributed by atoms with Crippen molar-refractivity contribution in [3.63, 3.8) is 0 Å². The molecule has 0 aliphatic carbocycles. The highest BCUT2D eigenvalue weighted by atomic mass is 32.1. The van der Waals surface area contributed by atoms with E-state index in [-0.39, 0.29) is 5.56 Å². The smallest absolute Gasteiger partial charge is 0.302 e. The van der Waals surface area contributed by atoms with Crippen molar-refractivity contribution in [1.82, 2.24) is 8.75 Å².